The van der Waals surface area contributed by atoms with Gasteiger partial charge in [-0.05, 0) is 42.5 Å². The number of nitrogens with two attached hydrogens (primary N) is 1. The summed E-state index contributed by atoms with van der Waals surface area (Å²) in [5.74, 6) is 1.08. The van der Waals surface area contributed by atoms with Crippen molar-refractivity contribution in [3.05, 3.63) is 52.4 Å². The van der Waals surface area contributed by atoms with Gasteiger partial charge in [0.2, 0.25) is 21.6 Å². The number of hydrogen-bond acceptors (Lipinski definition) is 7. The minimum Gasteiger partial charge on any atom is -0.365 e. The molecule has 1 saturated heterocycles. The Morgan fingerprint density at radius 1 is 1.31 bits per heavy atom. The molecule has 1 aliphatic heterocycles. The van der Waals surface area contributed by atoms with Crippen molar-refractivity contribution in [2.75, 3.05) is 18.0 Å². The fraction of sp³-hybridized carbons (Fsp3) is 0.417. The van der Waals surface area contributed by atoms with Crippen LogP contribution in [0.2, 0.25) is 0 Å². The zero-order valence-electron chi connectivity index (χ0n) is 19.7. The molecule has 1 aliphatic rings. The lowest BCUT2D eigenvalue weighted by molar-refractivity contribution is -0.121. The van der Waals surface area contributed by atoms with E-state index in [-0.39, 0.29) is 16.8 Å². The van der Waals surface area contributed by atoms with Gasteiger partial charge in [-0.15, -0.1) is 11.8 Å². The molecule has 0 aliphatic carbocycles. The van der Waals surface area contributed by atoms with E-state index in [1.54, 1.807) is 12.1 Å². The maximum Gasteiger partial charge on any atom is 0.238 e. The van der Waals surface area contributed by atoms with Gasteiger partial charge in [0.05, 0.1) is 17.0 Å². The van der Waals surface area contributed by atoms with Gasteiger partial charge in [-0.1, -0.05) is 26.0 Å². The average molecular weight is 513 g/mol. The van der Waals surface area contributed by atoms with E-state index in [2.05, 4.69) is 21.1 Å². The minimum atomic E-state index is -3.76. The third kappa shape index (κ3) is 6.31. The fourth-order valence-electron chi connectivity index (χ4n) is 3.98. The van der Waals surface area contributed by atoms with E-state index in [9.17, 15) is 18.5 Å². The van der Waals surface area contributed by atoms with Crippen LogP contribution in [0.25, 0.3) is 4.85 Å². The van der Waals surface area contributed by atoms with Crippen molar-refractivity contribution < 1.29 is 13.2 Å². The predicted octanol–water partition coefficient (Wildman–Crippen LogP) is 3.50. The highest BCUT2D eigenvalue weighted by atomic mass is 32.2. The first-order valence-corrected chi connectivity index (χ1v) is 13.9. The second-order valence-corrected chi connectivity index (χ2v) is 10.7. The highest BCUT2D eigenvalue weighted by molar-refractivity contribution is 7.98. The van der Waals surface area contributed by atoms with Gasteiger partial charge in [0.15, 0.2) is 0 Å². The first kappa shape index (κ1) is 26.5. The standard InChI is InChI=1S/C24H28N6O3S2/c1-4-19-20(14-25)24(34-15-16-6-8-18(9-7-16)35(26,32)33)29-23(22(19)27-3)30-12-10-17(11-13-30)28-21(31)5-2/h6-9,17H,4-5,10-13,15H2,1-2H3,(H,28,31)(H2,26,32,33). The first-order chi connectivity index (χ1) is 16.7. The third-order valence-corrected chi connectivity index (χ3v) is 7.88. The van der Waals surface area contributed by atoms with E-state index in [1.807, 2.05) is 13.8 Å². The first-order valence-electron chi connectivity index (χ1n) is 11.3. The number of aromatic nitrogens is 1. The van der Waals surface area contributed by atoms with E-state index in [1.165, 1.54) is 23.9 Å². The van der Waals surface area contributed by atoms with Crippen LogP contribution in [-0.4, -0.2) is 38.4 Å². The molecule has 0 bridgehead atoms. The number of nitrogens with zero attached hydrogens (tertiary/aromatic N) is 4. The molecule has 2 heterocycles. The molecule has 184 valence electrons. The summed E-state index contributed by atoms with van der Waals surface area (Å²) in [6.07, 6.45) is 2.48. The summed E-state index contributed by atoms with van der Waals surface area (Å²) in [6, 6.07) is 8.61. The Morgan fingerprint density at radius 3 is 2.49 bits per heavy atom. The summed E-state index contributed by atoms with van der Waals surface area (Å²) in [7, 11) is -3.76. The van der Waals surface area contributed by atoms with Gasteiger partial charge in [-0.3, -0.25) is 4.79 Å². The molecular weight excluding hydrogens is 484 g/mol. The molecule has 1 aromatic heterocycles. The molecule has 9 nitrogen and oxygen atoms in total. The number of carbonyl (C=O) groups excluding carboxylic acids is 1. The summed E-state index contributed by atoms with van der Waals surface area (Å²) in [5, 5.41) is 18.6. The number of piperidine rings is 1. The maximum absolute atomic E-state index is 11.7. The van der Waals surface area contributed by atoms with Crippen molar-refractivity contribution in [2.45, 2.75) is 61.2 Å². The number of primary sulfonamides is 1. The normalized spacial score (nSPS) is 14.3. The molecule has 0 saturated carbocycles. The molecule has 1 fully saturated rings. The van der Waals surface area contributed by atoms with Crippen LogP contribution in [-0.2, 0) is 27.0 Å². The van der Waals surface area contributed by atoms with Crippen molar-refractivity contribution >= 4 is 39.2 Å². The number of amides is 1. The molecule has 11 heteroatoms. The quantitative estimate of drug-likeness (QED) is 0.408. The van der Waals surface area contributed by atoms with Crippen LogP contribution < -0.4 is 15.4 Å². The van der Waals surface area contributed by atoms with Gasteiger partial charge in [-0.25, -0.2) is 23.4 Å². The molecule has 35 heavy (non-hydrogen) atoms. The molecular formula is C24H28N6O3S2. The minimum absolute atomic E-state index is 0.0332. The smallest absolute Gasteiger partial charge is 0.238 e. The van der Waals surface area contributed by atoms with Gasteiger partial charge >= 0.3 is 0 Å². The average Bonchev–Trinajstić information content (AvgIpc) is 2.86. The van der Waals surface area contributed by atoms with Crippen LogP contribution in [0.5, 0.6) is 0 Å². The van der Waals surface area contributed by atoms with Crippen LogP contribution in [0.3, 0.4) is 0 Å². The highest BCUT2D eigenvalue weighted by Gasteiger charge is 2.27. The molecule has 2 aromatic rings. The number of nitriles is 1. The van der Waals surface area contributed by atoms with Crippen molar-refractivity contribution in [3.8, 4) is 6.07 Å². The summed E-state index contributed by atoms with van der Waals surface area (Å²) >= 11 is 1.38. The zero-order chi connectivity index (χ0) is 25.6. The van der Waals surface area contributed by atoms with Crippen molar-refractivity contribution in [2.24, 2.45) is 5.14 Å². The number of sulfonamides is 1. The third-order valence-electron chi connectivity index (χ3n) is 5.91. The molecule has 0 radical (unpaired) electrons. The molecule has 3 N–H and O–H groups in total. The Morgan fingerprint density at radius 2 is 1.97 bits per heavy atom. The number of anilines is 1. The van der Waals surface area contributed by atoms with E-state index in [4.69, 9.17) is 16.7 Å². The van der Waals surface area contributed by atoms with Crippen LogP contribution in [0, 0.1) is 17.9 Å². The Kier molecular flexibility index (Phi) is 8.73. The lowest BCUT2D eigenvalue weighted by Crippen LogP contribution is -2.44. The Labute approximate surface area is 210 Å². The molecule has 0 spiro atoms. The van der Waals surface area contributed by atoms with Crippen molar-refractivity contribution in [3.63, 3.8) is 0 Å². The summed E-state index contributed by atoms with van der Waals surface area (Å²) in [5.41, 5.74) is 2.34. The van der Waals surface area contributed by atoms with Crippen LogP contribution >= 0.6 is 11.8 Å². The number of nitrogens with one attached hydrogen (secondary N) is 1. The van der Waals surface area contributed by atoms with E-state index >= 15 is 0 Å². The zero-order valence-corrected chi connectivity index (χ0v) is 21.4. The summed E-state index contributed by atoms with van der Waals surface area (Å²) < 4.78 is 23.0. The van der Waals surface area contributed by atoms with Gasteiger partial charge < -0.3 is 10.2 Å². The topological polar surface area (TPSA) is 134 Å². The monoisotopic (exact) mass is 512 g/mol. The molecule has 1 amide bonds. The second-order valence-electron chi connectivity index (χ2n) is 8.18. The lowest BCUT2D eigenvalue weighted by atomic mass is 10.0. The highest BCUT2D eigenvalue weighted by Crippen LogP contribution is 2.39. The molecule has 3 rings (SSSR count). The number of carbonyl (C=O) groups is 1. The predicted molar refractivity (Wildman–Crippen MR) is 136 cm³/mol. The maximum atomic E-state index is 11.7. The Bertz CT molecular complexity index is 1270. The lowest BCUT2D eigenvalue weighted by Gasteiger charge is -2.34. The van der Waals surface area contributed by atoms with Crippen molar-refractivity contribution in [1.29, 1.82) is 5.26 Å². The van der Waals surface area contributed by atoms with Gasteiger partial charge in [-0.2, -0.15) is 5.26 Å². The fourth-order valence-corrected chi connectivity index (χ4v) is 5.46. The molecule has 0 unspecified atom stereocenters. The van der Waals surface area contributed by atoms with Gasteiger partial charge in [0, 0.05) is 31.3 Å². The van der Waals surface area contributed by atoms with Crippen LogP contribution in [0.15, 0.2) is 34.2 Å². The summed E-state index contributed by atoms with van der Waals surface area (Å²) in [4.78, 5) is 22.4. The van der Waals surface area contributed by atoms with E-state index < -0.39 is 10.0 Å². The van der Waals surface area contributed by atoms with Crippen molar-refractivity contribution in [1.82, 2.24) is 10.3 Å². The van der Waals surface area contributed by atoms with E-state index in [0.717, 1.165) is 18.4 Å². The Balaban J connectivity index is 1.87. The second kappa shape index (κ2) is 11.5. The molecule has 0 atom stereocenters. The molecule has 1 aromatic carbocycles. The number of benzene rings is 1. The number of hydrogen-bond donors (Lipinski definition) is 2. The van der Waals surface area contributed by atoms with Gasteiger partial charge in [0.25, 0.3) is 0 Å². The number of rotatable bonds is 8. The Hall–Kier alpha value is -3.12. The number of pyridine rings is 1. The SMILES string of the molecule is [C-]#[N+]c1c(N2CCC(NC(=O)CC)CC2)nc(SCc2ccc(S(N)(=O)=O)cc2)c(C#N)c1CC. The van der Waals surface area contributed by atoms with Crippen LogP contribution in [0.1, 0.15) is 49.8 Å². The summed E-state index contributed by atoms with van der Waals surface area (Å²) in [6.45, 7) is 12.8. The van der Waals surface area contributed by atoms with E-state index in [0.29, 0.717) is 59.3 Å². The van der Waals surface area contributed by atoms with Crippen LogP contribution in [0.4, 0.5) is 11.5 Å². The number of thioether (sulfide) groups is 1. The van der Waals surface area contributed by atoms with Gasteiger partial charge in [0.1, 0.15) is 16.9 Å². The largest absolute Gasteiger partial charge is 0.365 e.